The van der Waals surface area contributed by atoms with Gasteiger partial charge in [-0.15, -0.1) is 0 Å². The molecule has 0 saturated heterocycles. The van der Waals surface area contributed by atoms with Crippen molar-refractivity contribution in [2.24, 2.45) is 0 Å². The monoisotopic (exact) mass is 388 g/mol. The van der Waals surface area contributed by atoms with Crippen LogP contribution in [0.5, 0.6) is 5.75 Å². The van der Waals surface area contributed by atoms with Gasteiger partial charge >= 0.3 is 0 Å². The van der Waals surface area contributed by atoms with E-state index in [9.17, 15) is 13.2 Å². The van der Waals surface area contributed by atoms with Crippen molar-refractivity contribution < 1.29 is 17.9 Å². The summed E-state index contributed by atoms with van der Waals surface area (Å²) in [6.07, 6.45) is 2.41. The van der Waals surface area contributed by atoms with E-state index in [1.54, 1.807) is 36.1 Å². The number of nitrogens with zero attached hydrogens (tertiary/aromatic N) is 2. The van der Waals surface area contributed by atoms with Crippen molar-refractivity contribution in [3.05, 3.63) is 54.1 Å². The third-order valence-electron chi connectivity index (χ3n) is 4.73. The Morgan fingerprint density at radius 2 is 1.81 bits per heavy atom. The minimum Gasteiger partial charge on any atom is -0.481 e. The molecule has 0 saturated carbocycles. The molecule has 0 fully saturated rings. The van der Waals surface area contributed by atoms with E-state index < -0.39 is 16.1 Å². The predicted molar refractivity (Wildman–Crippen MR) is 107 cm³/mol. The molecule has 2 aromatic rings. The molecular weight excluding hydrogens is 364 g/mol. The largest absolute Gasteiger partial charge is 0.481 e. The molecule has 1 amide bonds. The molecule has 2 aromatic carbocycles. The van der Waals surface area contributed by atoms with Gasteiger partial charge in [-0.1, -0.05) is 18.2 Å². The fraction of sp³-hybridized carbons (Fsp3) is 0.350. The molecule has 7 heteroatoms. The van der Waals surface area contributed by atoms with Crippen LogP contribution < -0.4 is 13.9 Å². The third kappa shape index (κ3) is 4.24. The first kappa shape index (κ1) is 19.2. The van der Waals surface area contributed by atoms with Crippen molar-refractivity contribution in [1.82, 2.24) is 0 Å². The van der Waals surface area contributed by atoms with Crippen molar-refractivity contribution in [3.8, 4) is 5.75 Å². The number of para-hydroxylation sites is 1. The number of hydrogen-bond acceptors (Lipinski definition) is 4. The number of fused-ring (bicyclic) bond motifs is 1. The Hall–Kier alpha value is -2.54. The minimum atomic E-state index is -3.32. The molecule has 0 radical (unpaired) electrons. The van der Waals surface area contributed by atoms with E-state index in [1.807, 2.05) is 18.2 Å². The van der Waals surface area contributed by atoms with Crippen molar-refractivity contribution >= 4 is 27.3 Å². The van der Waals surface area contributed by atoms with Gasteiger partial charge in [0.25, 0.3) is 5.91 Å². The van der Waals surface area contributed by atoms with Gasteiger partial charge in [-0.05, 0) is 55.7 Å². The number of carbonyl (C=O) groups excluding carboxylic acids is 1. The molecule has 1 aliphatic rings. The second-order valence-corrected chi connectivity index (χ2v) is 8.72. The van der Waals surface area contributed by atoms with E-state index in [4.69, 9.17) is 4.74 Å². The molecule has 0 unspecified atom stereocenters. The van der Waals surface area contributed by atoms with Crippen LogP contribution in [0.4, 0.5) is 11.4 Å². The summed E-state index contributed by atoms with van der Waals surface area (Å²) < 4.78 is 30.2. The number of rotatable bonds is 5. The fourth-order valence-electron chi connectivity index (χ4n) is 3.16. The predicted octanol–water partition coefficient (Wildman–Crippen LogP) is 2.83. The van der Waals surface area contributed by atoms with Gasteiger partial charge in [0.2, 0.25) is 10.0 Å². The van der Waals surface area contributed by atoms with Gasteiger partial charge in [0.05, 0.1) is 11.9 Å². The highest BCUT2D eigenvalue weighted by Gasteiger charge is 2.27. The molecule has 0 N–H and O–H groups in total. The lowest BCUT2D eigenvalue weighted by Crippen LogP contribution is -2.43. The van der Waals surface area contributed by atoms with Crippen LogP contribution in [0, 0.1) is 0 Å². The van der Waals surface area contributed by atoms with E-state index in [2.05, 4.69) is 6.07 Å². The maximum absolute atomic E-state index is 12.9. The van der Waals surface area contributed by atoms with Crippen LogP contribution in [0.25, 0.3) is 0 Å². The van der Waals surface area contributed by atoms with Crippen LogP contribution in [-0.4, -0.2) is 40.3 Å². The van der Waals surface area contributed by atoms with E-state index in [0.717, 1.165) is 24.8 Å². The van der Waals surface area contributed by atoms with Gasteiger partial charge < -0.3 is 9.64 Å². The molecule has 1 aliphatic heterocycles. The minimum absolute atomic E-state index is 0.0838. The SMILES string of the molecule is C[C@@H](Oc1ccc(N(C)S(C)(=O)=O)cc1)C(=O)N1CCCc2ccccc21. The molecule has 6 nitrogen and oxygen atoms in total. The molecule has 0 aliphatic carbocycles. The number of aryl methyl sites for hydroxylation is 1. The maximum atomic E-state index is 12.9. The molecule has 0 spiro atoms. The first-order valence-electron chi connectivity index (χ1n) is 8.87. The topological polar surface area (TPSA) is 66.9 Å². The standard InChI is InChI=1S/C20H24N2O4S/c1-15(20(23)22-14-6-8-16-7-4-5-9-19(16)22)26-18-12-10-17(11-13-18)21(2)27(3,24)25/h4-5,7,9-13,15H,6,8,14H2,1-3H3/t15-/m1/s1. The molecule has 144 valence electrons. The number of benzene rings is 2. The summed E-state index contributed by atoms with van der Waals surface area (Å²) in [5.41, 5.74) is 2.67. The van der Waals surface area contributed by atoms with Crippen LogP contribution in [0.2, 0.25) is 0 Å². The second-order valence-electron chi connectivity index (χ2n) is 6.71. The Labute approximate surface area is 160 Å². The van der Waals surface area contributed by atoms with Crippen LogP contribution in [0.3, 0.4) is 0 Å². The zero-order valence-electron chi connectivity index (χ0n) is 15.8. The maximum Gasteiger partial charge on any atom is 0.267 e. The second kappa shape index (κ2) is 7.60. The molecule has 27 heavy (non-hydrogen) atoms. The highest BCUT2D eigenvalue weighted by Crippen LogP contribution is 2.28. The Balaban J connectivity index is 1.71. The van der Waals surface area contributed by atoms with Crippen molar-refractivity contribution in [2.75, 3.05) is 29.1 Å². The number of sulfonamides is 1. The number of ether oxygens (including phenoxy) is 1. The van der Waals surface area contributed by atoms with E-state index in [0.29, 0.717) is 18.0 Å². The summed E-state index contributed by atoms with van der Waals surface area (Å²) >= 11 is 0. The highest BCUT2D eigenvalue weighted by molar-refractivity contribution is 7.92. The lowest BCUT2D eigenvalue weighted by atomic mass is 10.0. The molecular formula is C20H24N2O4S. The summed E-state index contributed by atoms with van der Waals surface area (Å²) in [6, 6.07) is 14.6. The van der Waals surface area contributed by atoms with Crippen molar-refractivity contribution in [2.45, 2.75) is 25.9 Å². The van der Waals surface area contributed by atoms with Gasteiger partial charge in [-0.25, -0.2) is 8.42 Å². The summed E-state index contributed by atoms with van der Waals surface area (Å²) in [6.45, 7) is 2.41. The molecule has 0 bridgehead atoms. The van der Waals surface area contributed by atoms with Crippen LogP contribution >= 0.6 is 0 Å². The molecule has 0 aromatic heterocycles. The van der Waals surface area contributed by atoms with Gasteiger partial charge in [0.15, 0.2) is 6.10 Å². The van der Waals surface area contributed by atoms with Gasteiger partial charge in [-0.3, -0.25) is 9.10 Å². The Morgan fingerprint density at radius 3 is 2.48 bits per heavy atom. The first-order valence-corrected chi connectivity index (χ1v) is 10.7. The molecule has 3 rings (SSSR count). The summed E-state index contributed by atoms with van der Waals surface area (Å²) in [4.78, 5) is 14.7. The van der Waals surface area contributed by atoms with Crippen molar-refractivity contribution in [3.63, 3.8) is 0 Å². The van der Waals surface area contributed by atoms with E-state index in [1.165, 1.54) is 16.9 Å². The van der Waals surface area contributed by atoms with Gasteiger partial charge in [0.1, 0.15) is 5.75 Å². The molecule has 1 atom stereocenters. The highest BCUT2D eigenvalue weighted by atomic mass is 32.2. The average Bonchev–Trinajstić information content (AvgIpc) is 2.66. The van der Waals surface area contributed by atoms with Crippen LogP contribution in [0.15, 0.2) is 48.5 Å². The normalized spacial score (nSPS) is 15.0. The quantitative estimate of drug-likeness (QED) is 0.790. The Morgan fingerprint density at radius 1 is 1.15 bits per heavy atom. The van der Waals surface area contributed by atoms with Gasteiger partial charge in [-0.2, -0.15) is 0 Å². The zero-order chi connectivity index (χ0) is 19.6. The Kier molecular flexibility index (Phi) is 5.41. The first-order chi connectivity index (χ1) is 12.8. The third-order valence-corrected chi connectivity index (χ3v) is 5.94. The fourth-order valence-corrected chi connectivity index (χ4v) is 3.67. The van der Waals surface area contributed by atoms with E-state index in [-0.39, 0.29) is 5.91 Å². The number of amides is 1. The number of hydrogen-bond donors (Lipinski definition) is 0. The smallest absolute Gasteiger partial charge is 0.267 e. The van der Waals surface area contributed by atoms with Crippen LogP contribution in [0.1, 0.15) is 18.9 Å². The zero-order valence-corrected chi connectivity index (χ0v) is 16.6. The number of anilines is 2. The Bertz CT molecular complexity index is 925. The van der Waals surface area contributed by atoms with Gasteiger partial charge in [0, 0.05) is 19.3 Å². The van der Waals surface area contributed by atoms with Crippen LogP contribution in [-0.2, 0) is 21.2 Å². The summed E-state index contributed by atoms with van der Waals surface area (Å²) in [7, 11) is -1.83. The lowest BCUT2D eigenvalue weighted by Gasteiger charge is -2.31. The van der Waals surface area contributed by atoms with Crippen molar-refractivity contribution in [1.29, 1.82) is 0 Å². The molecule has 1 heterocycles. The lowest BCUT2D eigenvalue weighted by molar-refractivity contribution is -0.124. The van der Waals surface area contributed by atoms with E-state index >= 15 is 0 Å². The average molecular weight is 388 g/mol. The summed E-state index contributed by atoms with van der Waals surface area (Å²) in [5.74, 6) is 0.436. The number of carbonyl (C=O) groups is 1. The summed E-state index contributed by atoms with van der Waals surface area (Å²) in [5, 5.41) is 0.